The van der Waals surface area contributed by atoms with Gasteiger partial charge in [-0.1, -0.05) is 0 Å². The van der Waals surface area contributed by atoms with Crippen LogP contribution in [0.1, 0.15) is 49.9 Å². The van der Waals surface area contributed by atoms with Crippen LogP contribution >= 0.6 is 0 Å². The fraction of sp³-hybridized carbons (Fsp3) is 0.667. The van der Waals surface area contributed by atoms with E-state index < -0.39 is 0 Å². The van der Waals surface area contributed by atoms with Gasteiger partial charge in [-0.2, -0.15) is 0 Å². The first-order valence-corrected chi connectivity index (χ1v) is 9.09. The Bertz CT molecular complexity index is 628. The van der Waals surface area contributed by atoms with Gasteiger partial charge in [0, 0.05) is 31.8 Å². The molecule has 2 aliphatic heterocycles. The SMILES string of the molecule is CC(=O)N1CCCC1C(=O)NCc1nccnc1C1CCN(C)CC1. The number of rotatable bonds is 4. The van der Waals surface area contributed by atoms with Crippen molar-refractivity contribution in [2.24, 2.45) is 0 Å². The zero-order valence-corrected chi connectivity index (χ0v) is 15.1. The van der Waals surface area contributed by atoms with Crippen molar-refractivity contribution < 1.29 is 9.59 Å². The molecule has 1 aromatic heterocycles. The molecule has 7 nitrogen and oxygen atoms in total. The summed E-state index contributed by atoms with van der Waals surface area (Å²) >= 11 is 0. The topological polar surface area (TPSA) is 78.4 Å². The van der Waals surface area contributed by atoms with Crippen molar-refractivity contribution in [3.05, 3.63) is 23.8 Å². The lowest BCUT2D eigenvalue weighted by molar-refractivity contribution is -0.136. The molecular formula is C18H27N5O2. The Morgan fingerprint density at radius 2 is 1.88 bits per heavy atom. The molecule has 3 rings (SSSR count). The van der Waals surface area contributed by atoms with Crippen LogP contribution in [0.4, 0.5) is 0 Å². The molecule has 0 spiro atoms. The third kappa shape index (κ3) is 4.15. The third-order valence-corrected chi connectivity index (χ3v) is 5.30. The first-order valence-electron chi connectivity index (χ1n) is 9.09. The van der Waals surface area contributed by atoms with Crippen LogP contribution in [0.25, 0.3) is 0 Å². The van der Waals surface area contributed by atoms with Crippen molar-refractivity contribution in [1.29, 1.82) is 0 Å². The summed E-state index contributed by atoms with van der Waals surface area (Å²) in [6.07, 6.45) is 7.15. The van der Waals surface area contributed by atoms with Crippen LogP contribution in [0.3, 0.4) is 0 Å². The summed E-state index contributed by atoms with van der Waals surface area (Å²) in [6, 6.07) is -0.346. The van der Waals surface area contributed by atoms with Crippen LogP contribution in [0, 0.1) is 0 Å². The quantitative estimate of drug-likeness (QED) is 0.878. The molecule has 1 aromatic rings. The average Bonchev–Trinajstić information content (AvgIpc) is 3.11. The van der Waals surface area contributed by atoms with Crippen LogP contribution in [0.5, 0.6) is 0 Å². The lowest BCUT2D eigenvalue weighted by Crippen LogP contribution is -2.45. The minimum atomic E-state index is -0.346. The first kappa shape index (κ1) is 17.8. The van der Waals surface area contributed by atoms with Gasteiger partial charge in [-0.05, 0) is 45.8 Å². The zero-order chi connectivity index (χ0) is 17.8. The van der Waals surface area contributed by atoms with Gasteiger partial charge in [-0.25, -0.2) is 0 Å². The molecule has 0 aliphatic carbocycles. The predicted molar refractivity (Wildman–Crippen MR) is 93.8 cm³/mol. The number of carbonyl (C=O) groups excluding carboxylic acids is 2. The van der Waals surface area contributed by atoms with Gasteiger partial charge >= 0.3 is 0 Å². The second-order valence-corrected chi connectivity index (χ2v) is 7.05. The number of carbonyl (C=O) groups is 2. The Morgan fingerprint density at radius 1 is 1.16 bits per heavy atom. The van der Waals surface area contributed by atoms with Crippen molar-refractivity contribution in [2.75, 3.05) is 26.7 Å². The predicted octanol–water partition coefficient (Wildman–Crippen LogP) is 0.913. The number of hydrogen-bond acceptors (Lipinski definition) is 5. The Hall–Kier alpha value is -2.02. The van der Waals surface area contributed by atoms with E-state index in [2.05, 4.69) is 27.2 Å². The molecule has 0 aromatic carbocycles. The largest absolute Gasteiger partial charge is 0.349 e. The van der Waals surface area contributed by atoms with Crippen LogP contribution in [0.2, 0.25) is 0 Å². The van der Waals surface area contributed by atoms with Crippen molar-refractivity contribution in [2.45, 2.75) is 51.1 Å². The second kappa shape index (κ2) is 7.91. The fourth-order valence-electron chi connectivity index (χ4n) is 3.84. The lowest BCUT2D eigenvalue weighted by Gasteiger charge is -2.29. The van der Waals surface area contributed by atoms with Crippen LogP contribution in [-0.2, 0) is 16.1 Å². The Labute approximate surface area is 148 Å². The average molecular weight is 345 g/mol. The summed E-state index contributed by atoms with van der Waals surface area (Å²) in [5.41, 5.74) is 1.85. The molecule has 2 saturated heterocycles. The second-order valence-electron chi connectivity index (χ2n) is 7.05. The summed E-state index contributed by atoms with van der Waals surface area (Å²) in [5.74, 6) is 0.272. The molecule has 136 valence electrons. The van der Waals surface area contributed by atoms with Crippen molar-refractivity contribution in [1.82, 2.24) is 25.1 Å². The maximum Gasteiger partial charge on any atom is 0.243 e. The number of amides is 2. The van der Waals surface area contributed by atoms with Gasteiger partial charge < -0.3 is 15.1 Å². The molecule has 0 bridgehead atoms. The van der Waals surface area contributed by atoms with E-state index in [9.17, 15) is 9.59 Å². The van der Waals surface area contributed by atoms with E-state index in [4.69, 9.17) is 0 Å². The summed E-state index contributed by atoms with van der Waals surface area (Å²) in [5, 5.41) is 2.97. The fourth-order valence-corrected chi connectivity index (χ4v) is 3.84. The highest BCUT2D eigenvalue weighted by Gasteiger charge is 2.32. The zero-order valence-electron chi connectivity index (χ0n) is 15.1. The molecule has 1 atom stereocenters. The third-order valence-electron chi connectivity index (χ3n) is 5.30. The van der Waals surface area contributed by atoms with E-state index in [1.165, 1.54) is 6.92 Å². The molecule has 2 amide bonds. The Balaban J connectivity index is 1.63. The van der Waals surface area contributed by atoms with Gasteiger partial charge in [-0.15, -0.1) is 0 Å². The Kier molecular flexibility index (Phi) is 5.63. The first-order chi connectivity index (χ1) is 12.1. The van der Waals surface area contributed by atoms with E-state index in [0.29, 0.717) is 19.0 Å². The van der Waals surface area contributed by atoms with Crippen molar-refractivity contribution >= 4 is 11.8 Å². The van der Waals surface area contributed by atoms with Crippen molar-refractivity contribution in [3.8, 4) is 0 Å². The van der Waals surface area contributed by atoms with Gasteiger partial charge in [0.15, 0.2) is 0 Å². The van der Waals surface area contributed by atoms with Gasteiger partial charge in [0.05, 0.1) is 17.9 Å². The molecule has 1 unspecified atom stereocenters. The van der Waals surface area contributed by atoms with E-state index in [-0.39, 0.29) is 17.9 Å². The normalized spacial score (nSPS) is 22.2. The van der Waals surface area contributed by atoms with E-state index in [0.717, 1.165) is 50.2 Å². The van der Waals surface area contributed by atoms with Crippen LogP contribution in [0.15, 0.2) is 12.4 Å². The Morgan fingerprint density at radius 3 is 2.60 bits per heavy atom. The number of nitrogens with one attached hydrogen (secondary N) is 1. The molecule has 1 N–H and O–H groups in total. The highest BCUT2D eigenvalue weighted by molar-refractivity contribution is 5.87. The van der Waals surface area contributed by atoms with E-state index in [1.54, 1.807) is 17.3 Å². The summed E-state index contributed by atoms with van der Waals surface area (Å²) in [7, 11) is 2.14. The van der Waals surface area contributed by atoms with Gasteiger partial charge in [0.1, 0.15) is 6.04 Å². The standard InChI is InChI=1S/C18H27N5O2/c1-13(24)23-9-3-4-16(23)18(25)21-12-15-17(20-8-7-19-15)14-5-10-22(2)11-6-14/h7-8,14,16H,3-6,9-12H2,1-2H3,(H,21,25). The highest BCUT2D eigenvalue weighted by atomic mass is 16.2. The van der Waals surface area contributed by atoms with E-state index >= 15 is 0 Å². The molecule has 2 fully saturated rings. The smallest absolute Gasteiger partial charge is 0.243 e. The minimum absolute atomic E-state index is 0.0378. The maximum absolute atomic E-state index is 12.5. The lowest BCUT2D eigenvalue weighted by atomic mass is 9.92. The number of likely N-dealkylation sites (tertiary alicyclic amines) is 2. The number of hydrogen-bond donors (Lipinski definition) is 1. The van der Waals surface area contributed by atoms with Gasteiger partial charge in [0.2, 0.25) is 11.8 Å². The van der Waals surface area contributed by atoms with Crippen LogP contribution in [-0.4, -0.2) is 64.3 Å². The highest BCUT2D eigenvalue weighted by Crippen LogP contribution is 2.27. The summed E-state index contributed by atoms with van der Waals surface area (Å²) in [6.45, 7) is 4.67. The molecule has 2 aliphatic rings. The minimum Gasteiger partial charge on any atom is -0.349 e. The molecule has 0 radical (unpaired) electrons. The molecule has 7 heteroatoms. The number of piperidine rings is 1. The maximum atomic E-state index is 12.5. The number of nitrogens with zero attached hydrogens (tertiary/aromatic N) is 4. The van der Waals surface area contributed by atoms with Crippen molar-refractivity contribution in [3.63, 3.8) is 0 Å². The number of aromatic nitrogens is 2. The summed E-state index contributed by atoms with van der Waals surface area (Å²) in [4.78, 5) is 37.1. The molecule has 3 heterocycles. The molecule has 25 heavy (non-hydrogen) atoms. The summed E-state index contributed by atoms with van der Waals surface area (Å²) < 4.78 is 0. The molecule has 0 saturated carbocycles. The van der Waals surface area contributed by atoms with Gasteiger partial charge in [-0.3, -0.25) is 19.6 Å². The van der Waals surface area contributed by atoms with Crippen LogP contribution < -0.4 is 5.32 Å². The monoisotopic (exact) mass is 345 g/mol. The molecular weight excluding hydrogens is 318 g/mol. The van der Waals surface area contributed by atoms with Gasteiger partial charge in [0.25, 0.3) is 0 Å². The van der Waals surface area contributed by atoms with E-state index in [1.807, 2.05) is 0 Å².